The Morgan fingerprint density at radius 2 is 1.96 bits per heavy atom. The van der Waals surface area contributed by atoms with Crippen LogP contribution in [-0.4, -0.2) is 38.8 Å². The van der Waals surface area contributed by atoms with E-state index in [1.54, 1.807) is 12.1 Å². The molecule has 0 unspecified atom stereocenters. The topological polar surface area (TPSA) is 73.9 Å². The van der Waals surface area contributed by atoms with E-state index in [9.17, 15) is 9.18 Å². The number of hydrogen-bond acceptors (Lipinski definition) is 4. The van der Waals surface area contributed by atoms with Crippen LogP contribution in [0.15, 0.2) is 24.3 Å². The second-order valence-electron chi connectivity index (χ2n) is 5.90. The molecule has 6 nitrogen and oxygen atoms in total. The van der Waals surface area contributed by atoms with E-state index in [1.807, 2.05) is 13.8 Å². The SMILES string of the molecule is C[C@H](C(=O)N[C@H](C)c1ccc(F)cc1)N1CCc2n[nH]nc2C1. The zero-order valence-corrected chi connectivity index (χ0v) is 13.2. The Kier molecular flexibility index (Phi) is 4.38. The molecule has 0 aliphatic carbocycles. The van der Waals surface area contributed by atoms with Crippen LogP contribution < -0.4 is 5.32 Å². The fourth-order valence-electron chi connectivity index (χ4n) is 2.79. The predicted molar refractivity (Wildman–Crippen MR) is 82.9 cm³/mol. The van der Waals surface area contributed by atoms with Crippen LogP contribution in [0.3, 0.4) is 0 Å². The summed E-state index contributed by atoms with van der Waals surface area (Å²) in [5.41, 5.74) is 2.76. The maximum absolute atomic E-state index is 13.0. The van der Waals surface area contributed by atoms with Gasteiger partial charge in [0.1, 0.15) is 5.82 Å². The predicted octanol–water partition coefficient (Wildman–Crippen LogP) is 1.57. The monoisotopic (exact) mass is 317 g/mol. The first kappa shape index (κ1) is 15.6. The largest absolute Gasteiger partial charge is 0.348 e. The van der Waals surface area contributed by atoms with Gasteiger partial charge in [-0.3, -0.25) is 9.69 Å². The van der Waals surface area contributed by atoms with Crippen molar-refractivity contribution in [2.45, 2.75) is 38.9 Å². The Hall–Kier alpha value is -2.28. The summed E-state index contributed by atoms with van der Waals surface area (Å²) < 4.78 is 13.0. The van der Waals surface area contributed by atoms with E-state index >= 15 is 0 Å². The number of carbonyl (C=O) groups is 1. The lowest BCUT2D eigenvalue weighted by molar-refractivity contribution is -0.126. The van der Waals surface area contributed by atoms with E-state index in [0.29, 0.717) is 6.54 Å². The molecule has 0 saturated heterocycles. The van der Waals surface area contributed by atoms with Gasteiger partial charge in [0.15, 0.2) is 0 Å². The Morgan fingerprint density at radius 1 is 1.26 bits per heavy atom. The number of nitrogens with zero attached hydrogens (tertiary/aromatic N) is 3. The maximum Gasteiger partial charge on any atom is 0.237 e. The van der Waals surface area contributed by atoms with Gasteiger partial charge in [0.05, 0.1) is 23.5 Å². The van der Waals surface area contributed by atoms with E-state index in [1.165, 1.54) is 12.1 Å². The number of amides is 1. The minimum atomic E-state index is -0.280. The standard InChI is InChI=1S/C16H20FN5O/c1-10(12-3-5-13(17)6-4-12)18-16(23)11(2)22-8-7-14-15(9-22)20-21-19-14/h3-6,10-11H,7-9H2,1-2H3,(H,18,23)(H,19,20,21)/t10-,11-/m1/s1. The molecule has 122 valence electrons. The van der Waals surface area contributed by atoms with Crippen LogP contribution in [0.25, 0.3) is 0 Å². The molecule has 0 bridgehead atoms. The molecule has 2 N–H and O–H groups in total. The number of aromatic nitrogens is 3. The van der Waals surface area contributed by atoms with Crippen molar-refractivity contribution < 1.29 is 9.18 Å². The summed E-state index contributed by atoms with van der Waals surface area (Å²) in [4.78, 5) is 14.6. The van der Waals surface area contributed by atoms with Crippen molar-refractivity contribution in [1.82, 2.24) is 25.6 Å². The molecule has 0 saturated carbocycles. The van der Waals surface area contributed by atoms with Gasteiger partial charge in [0.2, 0.25) is 5.91 Å². The number of halogens is 1. The van der Waals surface area contributed by atoms with Gasteiger partial charge >= 0.3 is 0 Å². The van der Waals surface area contributed by atoms with Crippen LogP contribution in [0.5, 0.6) is 0 Å². The van der Waals surface area contributed by atoms with Crippen LogP contribution in [0.2, 0.25) is 0 Å². The number of nitrogens with one attached hydrogen (secondary N) is 2. The average Bonchev–Trinajstić information content (AvgIpc) is 3.02. The molecule has 1 aliphatic rings. The summed E-state index contributed by atoms with van der Waals surface area (Å²) in [6.45, 7) is 5.17. The molecule has 2 heterocycles. The number of H-pyrrole nitrogens is 1. The van der Waals surface area contributed by atoms with Crippen LogP contribution in [-0.2, 0) is 17.8 Å². The minimum absolute atomic E-state index is 0.0474. The third-order valence-electron chi connectivity index (χ3n) is 4.35. The highest BCUT2D eigenvalue weighted by Gasteiger charge is 2.28. The summed E-state index contributed by atoms with van der Waals surface area (Å²) in [6.07, 6.45) is 0.789. The summed E-state index contributed by atoms with van der Waals surface area (Å²) in [7, 11) is 0. The normalized spacial score (nSPS) is 17.3. The summed E-state index contributed by atoms with van der Waals surface area (Å²) in [5.74, 6) is -0.328. The maximum atomic E-state index is 13.0. The smallest absolute Gasteiger partial charge is 0.237 e. The Labute approximate surface area is 134 Å². The van der Waals surface area contributed by atoms with Crippen molar-refractivity contribution in [2.75, 3.05) is 6.54 Å². The third kappa shape index (κ3) is 3.39. The fourth-order valence-corrected chi connectivity index (χ4v) is 2.79. The summed E-state index contributed by atoms with van der Waals surface area (Å²) >= 11 is 0. The molecule has 0 fully saturated rings. The van der Waals surface area contributed by atoms with Crippen LogP contribution in [0.4, 0.5) is 4.39 Å². The molecule has 2 atom stereocenters. The van der Waals surface area contributed by atoms with Gasteiger partial charge in [-0.2, -0.15) is 15.4 Å². The van der Waals surface area contributed by atoms with E-state index < -0.39 is 0 Å². The Balaban J connectivity index is 1.60. The minimum Gasteiger partial charge on any atom is -0.348 e. The molecule has 7 heteroatoms. The molecular weight excluding hydrogens is 297 g/mol. The van der Waals surface area contributed by atoms with Crippen molar-refractivity contribution in [3.63, 3.8) is 0 Å². The zero-order chi connectivity index (χ0) is 16.4. The van der Waals surface area contributed by atoms with E-state index in [4.69, 9.17) is 0 Å². The van der Waals surface area contributed by atoms with Crippen molar-refractivity contribution in [3.05, 3.63) is 47.0 Å². The van der Waals surface area contributed by atoms with Gasteiger partial charge in [-0.15, -0.1) is 0 Å². The first-order chi connectivity index (χ1) is 11.0. The molecule has 0 radical (unpaired) electrons. The zero-order valence-electron chi connectivity index (χ0n) is 13.2. The molecule has 1 aliphatic heterocycles. The number of rotatable bonds is 4. The van der Waals surface area contributed by atoms with E-state index in [0.717, 1.165) is 29.9 Å². The fraction of sp³-hybridized carbons (Fsp3) is 0.438. The molecular formula is C16H20FN5O. The van der Waals surface area contributed by atoms with Crippen LogP contribution in [0, 0.1) is 5.82 Å². The lowest BCUT2D eigenvalue weighted by Gasteiger charge is -2.31. The molecule has 1 amide bonds. The van der Waals surface area contributed by atoms with Crippen molar-refractivity contribution >= 4 is 5.91 Å². The lowest BCUT2D eigenvalue weighted by Crippen LogP contribution is -2.47. The highest BCUT2D eigenvalue weighted by molar-refractivity contribution is 5.81. The number of aromatic amines is 1. The van der Waals surface area contributed by atoms with Crippen molar-refractivity contribution in [1.29, 1.82) is 0 Å². The average molecular weight is 317 g/mol. The molecule has 3 rings (SSSR count). The van der Waals surface area contributed by atoms with Gasteiger partial charge in [-0.1, -0.05) is 12.1 Å². The molecule has 2 aromatic rings. The van der Waals surface area contributed by atoms with Crippen molar-refractivity contribution in [3.8, 4) is 0 Å². The molecule has 0 spiro atoms. The van der Waals surface area contributed by atoms with Gasteiger partial charge < -0.3 is 5.32 Å². The lowest BCUT2D eigenvalue weighted by atomic mass is 10.1. The number of benzene rings is 1. The van der Waals surface area contributed by atoms with Gasteiger partial charge in [0, 0.05) is 19.5 Å². The molecule has 1 aromatic heterocycles. The van der Waals surface area contributed by atoms with Gasteiger partial charge in [-0.05, 0) is 31.5 Å². The number of fused-ring (bicyclic) bond motifs is 1. The van der Waals surface area contributed by atoms with E-state index in [-0.39, 0.29) is 23.8 Å². The second kappa shape index (κ2) is 6.45. The first-order valence-corrected chi connectivity index (χ1v) is 7.73. The number of hydrogen-bond donors (Lipinski definition) is 2. The van der Waals surface area contributed by atoms with Crippen LogP contribution >= 0.6 is 0 Å². The molecule has 1 aromatic carbocycles. The third-order valence-corrected chi connectivity index (χ3v) is 4.35. The first-order valence-electron chi connectivity index (χ1n) is 7.73. The van der Waals surface area contributed by atoms with E-state index in [2.05, 4.69) is 25.6 Å². The molecule has 23 heavy (non-hydrogen) atoms. The quantitative estimate of drug-likeness (QED) is 0.898. The Morgan fingerprint density at radius 3 is 2.70 bits per heavy atom. The second-order valence-corrected chi connectivity index (χ2v) is 5.90. The Bertz CT molecular complexity index is 684. The van der Waals surface area contributed by atoms with Crippen molar-refractivity contribution in [2.24, 2.45) is 0 Å². The summed E-state index contributed by atoms with van der Waals surface area (Å²) in [5, 5.41) is 13.8. The van der Waals surface area contributed by atoms with Crippen LogP contribution in [0.1, 0.15) is 36.8 Å². The highest BCUT2D eigenvalue weighted by Crippen LogP contribution is 2.18. The summed E-state index contributed by atoms with van der Waals surface area (Å²) in [6, 6.07) is 5.75. The van der Waals surface area contributed by atoms with Gasteiger partial charge in [0.25, 0.3) is 0 Å². The highest BCUT2D eigenvalue weighted by atomic mass is 19.1. The number of carbonyl (C=O) groups excluding carboxylic acids is 1. The van der Waals surface area contributed by atoms with Gasteiger partial charge in [-0.25, -0.2) is 4.39 Å².